The number of benzene rings is 1. The van der Waals surface area contributed by atoms with Gasteiger partial charge < -0.3 is 18.8 Å². The molecule has 1 aromatic carbocycles. The molecule has 0 aliphatic heterocycles. The van der Waals surface area contributed by atoms with Crippen LogP contribution in [0.4, 0.5) is 5.69 Å². The zero-order chi connectivity index (χ0) is 22.1. The van der Waals surface area contributed by atoms with Gasteiger partial charge >= 0.3 is 17.6 Å². The second-order valence-electron chi connectivity index (χ2n) is 6.06. The van der Waals surface area contributed by atoms with Crippen molar-refractivity contribution >= 4 is 34.7 Å². The number of anilines is 1. The lowest BCUT2D eigenvalue weighted by Gasteiger charge is -2.20. The number of rotatable bonds is 9. The van der Waals surface area contributed by atoms with Gasteiger partial charge in [0.05, 0.1) is 5.56 Å². The molecule has 0 saturated heterocycles. The Morgan fingerprint density at radius 1 is 1.20 bits per heavy atom. The van der Waals surface area contributed by atoms with Crippen molar-refractivity contribution in [3.8, 4) is 6.07 Å². The van der Waals surface area contributed by atoms with Crippen LogP contribution in [-0.4, -0.2) is 38.2 Å². The van der Waals surface area contributed by atoms with E-state index in [0.29, 0.717) is 11.0 Å². The number of esters is 2. The monoisotopic (exact) mass is 410 g/mol. The van der Waals surface area contributed by atoms with E-state index >= 15 is 0 Å². The van der Waals surface area contributed by atoms with Crippen molar-refractivity contribution in [3.05, 3.63) is 58.5 Å². The minimum Gasteiger partial charge on any atom is -0.459 e. The fraction of sp³-hybridized carbons (Fsp3) is 0.273. The highest BCUT2D eigenvalue weighted by atomic mass is 16.6. The van der Waals surface area contributed by atoms with Gasteiger partial charge in [0.1, 0.15) is 30.4 Å². The van der Waals surface area contributed by atoms with Gasteiger partial charge in [-0.15, -0.1) is 0 Å². The Labute approximate surface area is 173 Å². The number of fused-ring (bicyclic) bond motifs is 1. The molecule has 8 heteroatoms. The van der Waals surface area contributed by atoms with E-state index in [-0.39, 0.29) is 24.4 Å². The lowest BCUT2D eigenvalue weighted by atomic mass is 10.1. The highest BCUT2D eigenvalue weighted by molar-refractivity contribution is 5.98. The molecule has 2 aromatic rings. The highest BCUT2D eigenvalue weighted by Gasteiger charge is 2.14. The van der Waals surface area contributed by atoms with E-state index in [1.165, 1.54) is 0 Å². The van der Waals surface area contributed by atoms with Crippen LogP contribution in [0.3, 0.4) is 0 Å². The molecular formula is C22H22N2O6. The first-order chi connectivity index (χ1) is 14.4. The van der Waals surface area contributed by atoms with E-state index in [0.717, 1.165) is 30.9 Å². The molecule has 0 saturated carbocycles. The Morgan fingerprint density at radius 3 is 2.53 bits per heavy atom. The van der Waals surface area contributed by atoms with Gasteiger partial charge in [0.2, 0.25) is 0 Å². The first-order valence-corrected chi connectivity index (χ1v) is 9.34. The van der Waals surface area contributed by atoms with Crippen LogP contribution in [0, 0.1) is 11.3 Å². The SMILES string of the molecule is C=CC(=O)OCCOC(=O)C(C#N)=Cc1cc2ccc(N(CC)CC)cc2oc1=O. The van der Waals surface area contributed by atoms with E-state index in [9.17, 15) is 19.6 Å². The minimum atomic E-state index is -0.941. The van der Waals surface area contributed by atoms with Crippen molar-refractivity contribution in [1.82, 2.24) is 0 Å². The number of nitrogens with zero attached hydrogens (tertiary/aromatic N) is 2. The predicted molar refractivity (Wildman–Crippen MR) is 112 cm³/mol. The van der Waals surface area contributed by atoms with Crippen LogP contribution in [0.2, 0.25) is 0 Å². The van der Waals surface area contributed by atoms with Gasteiger partial charge in [-0.2, -0.15) is 5.26 Å². The summed E-state index contributed by atoms with van der Waals surface area (Å²) in [7, 11) is 0. The smallest absolute Gasteiger partial charge is 0.349 e. The van der Waals surface area contributed by atoms with Gasteiger partial charge in [0.15, 0.2) is 0 Å². The van der Waals surface area contributed by atoms with Crippen LogP contribution in [0.15, 0.2) is 51.7 Å². The number of hydrogen-bond acceptors (Lipinski definition) is 8. The molecule has 0 unspecified atom stereocenters. The topological polar surface area (TPSA) is 110 Å². The third-order valence-corrected chi connectivity index (χ3v) is 4.24. The maximum absolute atomic E-state index is 12.3. The standard InChI is InChI=1S/C22H22N2O6/c1-4-20(25)28-9-10-29-21(26)17(14-23)12-16-11-15-7-8-18(24(5-2)6-3)13-19(15)30-22(16)27/h4,7-8,11-13H,1,5-6,9-10H2,2-3H3. The Bertz CT molecular complexity index is 1070. The molecule has 0 spiro atoms. The largest absolute Gasteiger partial charge is 0.459 e. The van der Waals surface area contributed by atoms with E-state index in [1.54, 1.807) is 18.2 Å². The summed E-state index contributed by atoms with van der Waals surface area (Å²) in [6.07, 6.45) is 2.09. The molecule has 0 bridgehead atoms. The lowest BCUT2D eigenvalue weighted by Crippen LogP contribution is -2.21. The second kappa shape index (κ2) is 10.6. The van der Waals surface area contributed by atoms with Crippen LogP contribution in [0.5, 0.6) is 0 Å². The first-order valence-electron chi connectivity index (χ1n) is 9.34. The third kappa shape index (κ3) is 5.58. The maximum Gasteiger partial charge on any atom is 0.349 e. The summed E-state index contributed by atoms with van der Waals surface area (Å²) in [5.74, 6) is -1.59. The zero-order valence-electron chi connectivity index (χ0n) is 16.8. The second-order valence-corrected chi connectivity index (χ2v) is 6.06. The molecule has 0 N–H and O–H groups in total. The summed E-state index contributed by atoms with van der Waals surface area (Å²) < 4.78 is 14.9. The Morgan fingerprint density at radius 2 is 1.90 bits per heavy atom. The van der Waals surface area contributed by atoms with Crippen LogP contribution in [-0.2, 0) is 19.1 Å². The summed E-state index contributed by atoms with van der Waals surface area (Å²) >= 11 is 0. The van der Waals surface area contributed by atoms with Crippen molar-refractivity contribution in [2.75, 3.05) is 31.2 Å². The summed E-state index contributed by atoms with van der Waals surface area (Å²) in [5.41, 5.74) is 0.324. The molecule has 156 valence electrons. The molecule has 1 heterocycles. The number of carbonyl (C=O) groups excluding carboxylic acids is 2. The Hall–Kier alpha value is -3.86. The molecule has 2 rings (SSSR count). The van der Waals surface area contributed by atoms with E-state index in [2.05, 4.69) is 16.2 Å². The van der Waals surface area contributed by atoms with Gasteiger partial charge in [-0.25, -0.2) is 14.4 Å². The number of carbonyl (C=O) groups is 2. The van der Waals surface area contributed by atoms with Crippen molar-refractivity contribution < 1.29 is 23.5 Å². The number of ether oxygens (including phenoxy) is 2. The fourth-order valence-electron chi connectivity index (χ4n) is 2.71. The van der Waals surface area contributed by atoms with E-state index in [4.69, 9.17) is 9.15 Å². The number of hydrogen-bond donors (Lipinski definition) is 0. The molecule has 0 atom stereocenters. The molecule has 0 amide bonds. The quantitative estimate of drug-likeness (QED) is 0.204. The Balaban J connectivity index is 2.23. The fourth-order valence-corrected chi connectivity index (χ4v) is 2.71. The summed E-state index contributed by atoms with van der Waals surface area (Å²) in [4.78, 5) is 37.4. The van der Waals surface area contributed by atoms with Crippen molar-refractivity contribution in [1.29, 1.82) is 5.26 Å². The summed E-state index contributed by atoms with van der Waals surface area (Å²) in [6, 6.07) is 8.74. The van der Waals surface area contributed by atoms with E-state index in [1.807, 2.05) is 26.0 Å². The number of nitriles is 1. The molecule has 0 aliphatic rings. The highest BCUT2D eigenvalue weighted by Crippen LogP contribution is 2.22. The molecule has 1 aromatic heterocycles. The van der Waals surface area contributed by atoms with Gasteiger partial charge in [-0.1, -0.05) is 6.58 Å². The predicted octanol–water partition coefficient (Wildman–Crippen LogP) is 2.82. The van der Waals surface area contributed by atoms with Gasteiger partial charge in [0, 0.05) is 36.3 Å². The molecular weight excluding hydrogens is 388 g/mol. The zero-order valence-corrected chi connectivity index (χ0v) is 16.8. The summed E-state index contributed by atoms with van der Waals surface area (Å²) in [5, 5.41) is 9.89. The molecule has 30 heavy (non-hydrogen) atoms. The van der Waals surface area contributed by atoms with Gasteiger partial charge in [-0.3, -0.25) is 0 Å². The lowest BCUT2D eigenvalue weighted by molar-refractivity contribution is -0.146. The molecule has 8 nitrogen and oxygen atoms in total. The van der Waals surface area contributed by atoms with Crippen molar-refractivity contribution in [2.45, 2.75) is 13.8 Å². The third-order valence-electron chi connectivity index (χ3n) is 4.24. The normalized spacial score (nSPS) is 10.9. The maximum atomic E-state index is 12.3. The summed E-state index contributed by atoms with van der Waals surface area (Å²) in [6.45, 7) is 8.51. The molecule has 0 aliphatic carbocycles. The van der Waals surface area contributed by atoms with Crippen molar-refractivity contribution in [2.24, 2.45) is 0 Å². The Kier molecular flexibility index (Phi) is 7.94. The first kappa shape index (κ1) is 22.4. The molecule has 0 radical (unpaired) electrons. The van der Waals surface area contributed by atoms with Crippen molar-refractivity contribution in [3.63, 3.8) is 0 Å². The average Bonchev–Trinajstić information content (AvgIpc) is 2.75. The minimum absolute atomic E-state index is 0.0460. The van der Waals surface area contributed by atoms with Gasteiger partial charge in [-0.05, 0) is 38.1 Å². The van der Waals surface area contributed by atoms with Gasteiger partial charge in [0.25, 0.3) is 0 Å². The van der Waals surface area contributed by atoms with Crippen LogP contribution >= 0.6 is 0 Å². The average molecular weight is 410 g/mol. The molecule has 0 fully saturated rings. The van der Waals surface area contributed by atoms with E-state index < -0.39 is 17.6 Å². The van der Waals surface area contributed by atoms with Crippen LogP contribution in [0.25, 0.3) is 17.0 Å². The van der Waals surface area contributed by atoms with Crippen LogP contribution < -0.4 is 10.5 Å². The van der Waals surface area contributed by atoms with Crippen LogP contribution in [0.1, 0.15) is 19.4 Å².